The molecule has 0 saturated heterocycles. The molecule has 0 atom stereocenters. The maximum absolute atomic E-state index is 10.0. The molecule has 0 aliphatic heterocycles. The van der Waals surface area contributed by atoms with Crippen molar-refractivity contribution in [3.63, 3.8) is 0 Å². The Hall–Kier alpha value is -5.48. The van der Waals surface area contributed by atoms with Gasteiger partial charge in [0.05, 0.1) is 0 Å². The van der Waals surface area contributed by atoms with Crippen molar-refractivity contribution in [2.75, 3.05) is 0 Å². The number of benzene rings is 6. The standard InChI is InChI=1S/C42H38O4/c1-3-41(33-13-21-37(43)22-14-33,34-15-23-38(44)24-16-34)31-9-5-29(6-10-31)30-7-11-32(12-8-30)42(4-2,35-17-25-39(45)26-18-35)36-19-27-40(46)28-20-36/h5-28,43-46H,3-4H2,1-2H3. The first-order chi connectivity index (χ1) is 22.3. The lowest BCUT2D eigenvalue weighted by Gasteiger charge is -2.35. The third kappa shape index (κ3) is 5.37. The van der Waals surface area contributed by atoms with Crippen LogP contribution in [0.15, 0.2) is 146 Å². The molecule has 0 amide bonds. The molecule has 0 spiro atoms. The van der Waals surface area contributed by atoms with E-state index in [1.807, 2.05) is 48.5 Å². The summed E-state index contributed by atoms with van der Waals surface area (Å²) in [5, 5.41) is 40.1. The molecule has 0 aromatic heterocycles. The fourth-order valence-corrected chi connectivity index (χ4v) is 7.10. The van der Waals surface area contributed by atoms with E-state index >= 15 is 0 Å². The average Bonchev–Trinajstić information content (AvgIpc) is 3.09. The van der Waals surface area contributed by atoms with Gasteiger partial charge in [0.15, 0.2) is 0 Å². The smallest absolute Gasteiger partial charge is 0.115 e. The fourth-order valence-electron chi connectivity index (χ4n) is 7.10. The monoisotopic (exact) mass is 606 g/mol. The molecule has 6 aromatic rings. The topological polar surface area (TPSA) is 80.9 Å². The Balaban J connectivity index is 1.40. The van der Waals surface area contributed by atoms with Crippen molar-refractivity contribution in [2.24, 2.45) is 0 Å². The summed E-state index contributed by atoms with van der Waals surface area (Å²) in [6.07, 6.45) is 1.56. The SMILES string of the molecule is CCC(c1ccc(O)cc1)(c1ccc(O)cc1)c1ccc(-c2ccc(C(CC)(c3ccc(O)cc3)c3ccc(O)cc3)cc2)cc1. The van der Waals surface area contributed by atoms with E-state index in [-0.39, 0.29) is 23.0 Å². The van der Waals surface area contributed by atoms with Crippen LogP contribution in [0.4, 0.5) is 0 Å². The first-order valence-corrected chi connectivity index (χ1v) is 15.7. The van der Waals surface area contributed by atoms with E-state index in [4.69, 9.17) is 0 Å². The van der Waals surface area contributed by atoms with Gasteiger partial charge in [0.2, 0.25) is 0 Å². The highest BCUT2D eigenvalue weighted by Crippen LogP contribution is 2.45. The van der Waals surface area contributed by atoms with Crippen LogP contribution in [-0.4, -0.2) is 20.4 Å². The summed E-state index contributed by atoms with van der Waals surface area (Å²) in [4.78, 5) is 0. The molecule has 0 aliphatic rings. The molecule has 0 bridgehead atoms. The van der Waals surface area contributed by atoms with Crippen molar-refractivity contribution in [3.05, 3.63) is 179 Å². The Kier molecular flexibility index (Phi) is 8.29. The van der Waals surface area contributed by atoms with Crippen molar-refractivity contribution in [1.82, 2.24) is 0 Å². The molecule has 0 aliphatic carbocycles. The van der Waals surface area contributed by atoms with Gasteiger partial charge in [-0.15, -0.1) is 0 Å². The third-order valence-electron chi connectivity index (χ3n) is 9.59. The van der Waals surface area contributed by atoms with Gasteiger partial charge in [-0.1, -0.05) is 111 Å². The van der Waals surface area contributed by atoms with E-state index in [1.54, 1.807) is 48.5 Å². The summed E-state index contributed by atoms with van der Waals surface area (Å²) >= 11 is 0. The predicted octanol–water partition coefficient (Wildman–Crippen LogP) is 9.66. The Labute approximate surface area is 270 Å². The zero-order valence-corrected chi connectivity index (χ0v) is 26.1. The highest BCUT2D eigenvalue weighted by atomic mass is 16.3. The molecule has 46 heavy (non-hydrogen) atoms. The van der Waals surface area contributed by atoms with Gasteiger partial charge in [-0.3, -0.25) is 0 Å². The van der Waals surface area contributed by atoms with Crippen molar-refractivity contribution >= 4 is 0 Å². The molecule has 230 valence electrons. The zero-order valence-electron chi connectivity index (χ0n) is 26.1. The Morgan fingerprint density at radius 2 is 0.478 bits per heavy atom. The minimum absolute atomic E-state index is 0.223. The first kappa shape index (κ1) is 30.5. The highest BCUT2D eigenvalue weighted by molar-refractivity contribution is 5.66. The molecular weight excluding hydrogens is 568 g/mol. The van der Waals surface area contributed by atoms with Crippen molar-refractivity contribution < 1.29 is 20.4 Å². The van der Waals surface area contributed by atoms with Gasteiger partial charge in [-0.2, -0.15) is 0 Å². The lowest BCUT2D eigenvalue weighted by atomic mass is 9.67. The molecule has 4 nitrogen and oxygen atoms in total. The molecule has 0 heterocycles. The molecule has 4 N–H and O–H groups in total. The van der Waals surface area contributed by atoms with Gasteiger partial charge in [-0.25, -0.2) is 0 Å². The summed E-state index contributed by atoms with van der Waals surface area (Å²) in [6.45, 7) is 4.32. The second kappa shape index (κ2) is 12.5. The van der Waals surface area contributed by atoms with Crippen molar-refractivity contribution in [2.45, 2.75) is 37.5 Å². The minimum Gasteiger partial charge on any atom is -0.508 e. The quantitative estimate of drug-likeness (QED) is 0.124. The minimum atomic E-state index is -0.473. The predicted molar refractivity (Wildman–Crippen MR) is 185 cm³/mol. The Morgan fingerprint density at radius 1 is 0.304 bits per heavy atom. The number of phenolic OH excluding ortho intramolecular Hbond substituents is 4. The van der Waals surface area contributed by atoms with Crippen LogP contribution < -0.4 is 0 Å². The van der Waals surface area contributed by atoms with E-state index in [1.165, 1.54) is 0 Å². The first-order valence-electron chi connectivity index (χ1n) is 15.7. The highest BCUT2D eigenvalue weighted by Gasteiger charge is 2.36. The van der Waals surface area contributed by atoms with E-state index in [2.05, 4.69) is 62.4 Å². The summed E-state index contributed by atoms with van der Waals surface area (Å²) in [7, 11) is 0. The van der Waals surface area contributed by atoms with Crippen LogP contribution in [0.2, 0.25) is 0 Å². The summed E-state index contributed by atoms with van der Waals surface area (Å²) < 4.78 is 0. The van der Waals surface area contributed by atoms with Crippen LogP contribution in [0, 0.1) is 0 Å². The van der Waals surface area contributed by atoms with Gasteiger partial charge in [0, 0.05) is 10.8 Å². The lowest BCUT2D eigenvalue weighted by molar-refractivity contribution is 0.472. The van der Waals surface area contributed by atoms with Crippen LogP contribution >= 0.6 is 0 Å². The number of rotatable bonds is 9. The fraction of sp³-hybridized carbons (Fsp3) is 0.143. The van der Waals surface area contributed by atoms with E-state index in [0.29, 0.717) is 0 Å². The molecule has 6 rings (SSSR count). The van der Waals surface area contributed by atoms with Crippen LogP contribution in [0.5, 0.6) is 23.0 Å². The molecule has 0 unspecified atom stereocenters. The maximum Gasteiger partial charge on any atom is 0.115 e. The van der Waals surface area contributed by atoms with Crippen LogP contribution in [-0.2, 0) is 10.8 Å². The maximum atomic E-state index is 10.0. The number of hydrogen-bond donors (Lipinski definition) is 4. The number of phenols is 4. The molecular formula is C42H38O4. The zero-order chi connectivity index (χ0) is 32.3. The molecule has 0 saturated carbocycles. The van der Waals surface area contributed by atoms with Gasteiger partial charge >= 0.3 is 0 Å². The lowest BCUT2D eigenvalue weighted by Crippen LogP contribution is -2.28. The largest absolute Gasteiger partial charge is 0.508 e. The van der Waals surface area contributed by atoms with Gasteiger partial charge in [0.1, 0.15) is 23.0 Å². The molecule has 4 heteroatoms. The van der Waals surface area contributed by atoms with Gasteiger partial charge < -0.3 is 20.4 Å². The van der Waals surface area contributed by atoms with Crippen molar-refractivity contribution in [3.8, 4) is 34.1 Å². The van der Waals surface area contributed by atoms with Crippen LogP contribution in [0.3, 0.4) is 0 Å². The van der Waals surface area contributed by atoms with Gasteiger partial charge in [0.25, 0.3) is 0 Å². The molecule has 0 fully saturated rings. The average molecular weight is 607 g/mol. The number of aromatic hydroxyl groups is 4. The van der Waals surface area contributed by atoms with Gasteiger partial charge in [-0.05, 0) is 106 Å². The van der Waals surface area contributed by atoms with Crippen LogP contribution in [0.25, 0.3) is 11.1 Å². The summed E-state index contributed by atoms with van der Waals surface area (Å²) in [5.41, 5.74) is 7.74. The normalized spacial score (nSPS) is 11.8. The molecule has 0 radical (unpaired) electrons. The van der Waals surface area contributed by atoms with Crippen molar-refractivity contribution in [1.29, 1.82) is 0 Å². The Bertz CT molecular complexity index is 1650. The molecule has 6 aromatic carbocycles. The second-order valence-electron chi connectivity index (χ2n) is 11.9. The second-order valence-corrected chi connectivity index (χ2v) is 11.9. The van der Waals surface area contributed by atoms with E-state index < -0.39 is 10.8 Å². The Morgan fingerprint density at radius 3 is 0.652 bits per heavy atom. The summed E-state index contributed by atoms with van der Waals surface area (Å²) in [5.74, 6) is 0.893. The number of hydrogen-bond acceptors (Lipinski definition) is 4. The van der Waals surface area contributed by atoms with E-state index in [0.717, 1.165) is 57.3 Å². The summed E-state index contributed by atoms with van der Waals surface area (Å²) in [6, 6.07) is 46.9. The third-order valence-corrected chi connectivity index (χ3v) is 9.59. The van der Waals surface area contributed by atoms with E-state index in [9.17, 15) is 20.4 Å². The van der Waals surface area contributed by atoms with Crippen LogP contribution in [0.1, 0.15) is 60.1 Å².